The van der Waals surface area contributed by atoms with Crippen LogP contribution in [0.25, 0.3) is 76.8 Å². The molecule has 0 unspecified atom stereocenters. The third-order valence-electron chi connectivity index (χ3n) is 8.06. The van der Waals surface area contributed by atoms with E-state index in [9.17, 15) is 0 Å². The fourth-order valence-electron chi connectivity index (χ4n) is 6.52. The quantitative estimate of drug-likeness (QED) is 0.234. The van der Waals surface area contributed by atoms with Crippen LogP contribution in [0, 0.1) is 0 Å². The van der Waals surface area contributed by atoms with Gasteiger partial charge in [-0.2, -0.15) is 0 Å². The molecule has 9 aromatic rings. The minimum Gasteiger partial charge on any atom is -0.307 e. The molecule has 9 rings (SSSR count). The second-order valence-corrected chi connectivity index (χ2v) is 10.1. The van der Waals surface area contributed by atoms with E-state index in [4.69, 9.17) is 9.97 Å². The minimum atomic E-state index is 0.955. The second-order valence-electron chi connectivity index (χ2n) is 10.1. The van der Waals surface area contributed by atoms with Crippen molar-refractivity contribution in [3.8, 4) is 11.4 Å². The maximum absolute atomic E-state index is 4.92. The third kappa shape index (κ3) is 2.73. The Bertz CT molecular complexity index is 2430. The van der Waals surface area contributed by atoms with Gasteiger partial charge in [0.05, 0.1) is 38.8 Å². The minimum absolute atomic E-state index is 0.955. The van der Waals surface area contributed by atoms with Gasteiger partial charge in [0.15, 0.2) is 0 Å². The van der Waals surface area contributed by atoms with Crippen LogP contribution in [-0.4, -0.2) is 24.1 Å². The van der Waals surface area contributed by atoms with Crippen LogP contribution in [0.4, 0.5) is 0 Å². The number of hydrogen-bond donors (Lipinski definition) is 0. The van der Waals surface area contributed by atoms with E-state index < -0.39 is 0 Å². The summed E-state index contributed by atoms with van der Waals surface area (Å²) >= 11 is 0. The smallest absolute Gasteiger partial charge is 0.116 e. The van der Waals surface area contributed by atoms with Crippen molar-refractivity contribution in [2.75, 3.05) is 0 Å². The first-order chi connectivity index (χ1) is 19.9. The fourth-order valence-corrected chi connectivity index (χ4v) is 6.52. The van der Waals surface area contributed by atoms with Crippen molar-refractivity contribution in [1.29, 1.82) is 0 Å². The average molecular weight is 512 g/mol. The molecular formula is C35H21N5. The number of hydrogen-bond acceptors (Lipinski definition) is 3. The van der Waals surface area contributed by atoms with Crippen LogP contribution >= 0.6 is 0 Å². The molecule has 0 bridgehead atoms. The van der Waals surface area contributed by atoms with E-state index in [-0.39, 0.29) is 0 Å². The van der Waals surface area contributed by atoms with Gasteiger partial charge in [0.2, 0.25) is 0 Å². The molecule has 0 saturated carbocycles. The maximum atomic E-state index is 4.92. The third-order valence-corrected chi connectivity index (χ3v) is 8.06. The zero-order valence-corrected chi connectivity index (χ0v) is 21.4. The zero-order chi connectivity index (χ0) is 26.2. The Morgan fingerprint density at radius 1 is 0.500 bits per heavy atom. The van der Waals surface area contributed by atoms with Crippen LogP contribution in [0.1, 0.15) is 0 Å². The average Bonchev–Trinajstić information content (AvgIpc) is 3.55. The normalized spacial score (nSPS) is 12.0. The molecule has 0 fully saturated rings. The van der Waals surface area contributed by atoms with Crippen LogP contribution in [0.3, 0.4) is 0 Å². The number of aromatic nitrogens is 5. The highest BCUT2D eigenvalue weighted by atomic mass is 15.1. The summed E-state index contributed by atoms with van der Waals surface area (Å²) in [7, 11) is 0. The van der Waals surface area contributed by atoms with Gasteiger partial charge in [-0.25, -0.2) is 9.97 Å². The Balaban J connectivity index is 1.67. The first kappa shape index (κ1) is 21.4. The molecule has 0 aliphatic carbocycles. The fraction of sp³-hybridized carbons (Fsp3) is 0. The molecule has 0 N–H and O–H groups in total. The van der Waals surface area contributed by atoms with Gasteiger partial charge in [-0.3, -0.25) is 4.98 Å². The predicted octanol–water partition coefficient (Wildman–Crippen LogP) is 8.37. The van der Waals surface area contributed by atoms with Crippen LogP contribution < -0.4 is 0 Å². The van der Waals surface area contributed by atoms with Gasteiger partial charge < -0.3 is 9.13 Å². The van der Waals surface area contributed by atoms with Crippen molar-refractivity contribution in [3.05, 3.63) is 128 Å². The summed E-state index contributed by atoms with van der Waals surface area (Å²) in [5.41, 5.74) is 8.59. The molecule has 0 aliphatic heterocycles. The van der Waals surface area contributed by atoms with Crippen molar-refractivity contribution in [1.82, 2.24) is 24.1 Å². The zero-order valence-electron chi connectivity index (χ0n) is 21.4. The van der Waals surface area contributed by atoms with Crippen molar-refractivity contribution < 1.29 is 0 Å². The van der Waals surface area contributed by atoms with Gasteiger partial charge in [-0.15, -0.1) is 0 Å². The Hall–Kier alpha value is -5.55. The highest BCUT2D eigenvalue weighted by Crippen LogP contribution is 2.46. The van der Waals surface area contributed by atoms with Gasteiger partial charge in [0.25, 0.3) is 0 Å². The summed E-state index contributed by atoms with van der Waals surface area (Å²) in [6, 6.07) is 38.4. The van der Waals surface area contributed by atoms with Crippen molar-refractivity contribution in [2.24, 2.45) is 0 Å². The lowest BCUT2D eigenvalue weighted by molar-refractivity contribution is 1.15. The van der Waals surface area contributed by atoms with Gasteiger partial charge in [0, 0.05) is 50.4 Å². The number of para-hydroxylation sites is 4. The molecule has 0 saturated heterocycles. The predicted molar refractivity (Wildman–Crippen MR) is 164 cm³/mol. The van der Waals surface area contributed by atoms with E-state index in [1.165, 1.54) is 5.39 Å². The molecule has 186 valence electrons. The summed E-state index contributed by atoms with van der Waals surface area (Å²) in [5.74, 6) is 0. The topological polar surface area (TPSA) is 48.5 Å². The van der Waals surface area contributed by atoms with Crippen LogP contribution in [0.15, 0.2) is 128 Å². The Morgan fingerprint density at radius 2 is 1.20 bits per heavy atom. The number of pyridine rings is 1. The van der Waals surface area contributed by atoms with Crippen molar-refractivity contribution >= 4 is 65.4 Å². The van der Waals surface area contributed by atoms with E-state index in [0.717, 1.165) is 71.4 Å². The standard InChI is InChI=1S/C35H21N5/c1-2-12-23(13-3-1)39-27-16-6-4-14-24(27)30-26-20-36-21-38-33(26)31-25-15-5-7-17-28(25)40(35(31)34(30)39)29-18-8-10-22-11-9-19-37-32(22)29/h1-21H. The van der Waals surface area contributed by atoms with E-state index in [2.05, 4.69) is 117 Å². The molecule has 40 heavy (non-hydrogen) atoms. The van der Waals surface area contributed by atoms with Gasteiger partial charge in [-0.1, -0.05) is 72.8 Å². The van der Waals surface area contributed by atoms with Crippen LogP contribution in [-0.2, 0) is 0 Å². The summed E-state index contributed by atoms with van der Waals surface area (Å²) in [6.07, 6.45) is 5.51. The molecule has 5 heteroatoms. The monoisotopic (exact) mass is 511 g/mol. The molecule has 5 nitrogen and oxygen atoms in total. The first-order valence-corrected chi connectivity index (χ1v) is 13.4. The molecule has 0 aliphatic rings. The Morgan fingerprint density at radius 3 is 2.05 bits per heavy atom. The number of fused-ring (bicyclic) bond motifs is 11. The van der Waals surface area contributed by atoms with Gasteiger partial charge in [-0.05, 0) is 36.4 Å². The lowest BCUT2D eigenvalue weighted by Crippen LogP contribution is -2.00. The summed E-state index contributed by atoms with van der Waals surface area (Å²) in [4.78, 5) is 14.3. The molecule has 4 aromatic heterocycles. The van der Waals surface area contributed by atoms with E-state index in [1.54, 1.807) is 6.33 Å². The lowest BCUT2D eigenvalue weighted by atomic mass is 10.0. The summed E-state index contributed by atoms with van der Waals surface area (Å²) in [5, 5.41) is 6.76. The molecule has 5 aromatic carbocycles. The van der Waals surface area contributed by atoms with Crippen LogP contribution in [0.5, 0.6) is 0 Å². The van der Waals surface area contributed by atoms with Crippen molar-refractivity contribution in [2.45, 2.75) is 0 Å². The van der Waals surface area contributed by atoms with E-state index in [0.29, 0.717) is 0 Å². The summed E-state index contributed by atoms with van der Waals surface area (Å²) < 4.78 is 4.79. The maximum Gasteiger partial charge on any atom is 0.116 e. The van der Waals surface area contributed by atoms with Crippen molar-refractivity contribution in [3.63, 3.8) is 0 Å². The summed E-state index contributed by atoms with van der Waals surface area (Å²) in [6.45, 7) is 0. The van der Waals surface area contributed by atoms with Gasteiger partial charge in [0.1, 0.15) is 6.33 Å². The molecular weight excluding hydrogens is 490 g/mol. The number of nitrogens with zero attached hydrogens (tertiary/aromatic N) is 5. The lowest BCUT2D eigenvalue weighted by Gasteiger charge is -2.14. The van der Waals surface area contributed by atoms with Crippen LogP contribution in [0.2, 0.25) is 0 Å². The largest absolute Gasteiger partial charge is 0.307 e. The molecule has 0 spiro atoms. The molecule has 0 amide bonds. The Labute approximate surface area is 228 Å². The van der Waals surface area contributed by atoms with Gasteiger partial charge >= 0.3 is 0 Å². The highest BCUT2D eigenvalue weighted by Gasteiger charge is 2.25. The number of benzene rings is 5. The second kappa shape index (κ2) is 7.98. The molecule has 0 atom stereocenters. The molecule has 0 radical (unpaired) electrons. The Kier molecular flexibility index (Phi) is 4.27. The SMILES string of the molecule is c1ccc(-n2c3ccccc3c3c4cncnc4c4c5ccccc5n(-c5cccc6cccnc56)c4c32)cc1. The van der Waals surface area contributed by atoms with E-state index in [1.807, 2.05) is 18.5 Å². The number of rotatable bonds is 2. The molecule has 4 heterocycles. The first-order valence-electron chi connectivity index (χ1n) is 13.4. The highest BCUT2D eigenvalue weighted by molar-refractivity contribution is 6.35. The van der Waals surface area contributed by atoms with E-state index >= 15 is 0 Å².